The van der Waals surface area contributed by atoms with Gasteiger partial charge >= 0.3 is 0 Å². The van der Waals surface area contributed by atoms with Crippen molar-refractivity contribution in [2.45, 2.75) is 13.0 Å². The summed E-state index contributed by atoms with van der Waals surface area (Å²) >= 11 is 0. The van der Waals surface area contributed by atoms with E-state index < -0.39 is 10.0 Å². The first-order chi connectivity index (χ1) is 13.0. The van der Waals surface area contributed by atoms with Crippen molar-refractivity contribution in [2.75, 3.05) is 6.54 Å². The monoisotopic (exact) mass is 385 g/mol. The fourth-order valence-electron chi connectivity index (χ4n) is 2.36. The van der Waals surface area contributed by atoms with Gasteiger partial charge in [0.05, 0.1) is 6.54 Å². The van der Waals surface area contributed by atoms with E-state index in [-0.39, 0.29) is 25.4 Å². The van der Waals surface area contributed by atoms with E-state index in [0.717, 1.165) is 11.0 Å². The summed E-state index contributed by atoms with van der Waals surface area (Å²) < 4.78 is 28.0. The molecule has 0 aliphatic carbocycles. The summed E-state index contributed by atoms with van der Waals surface area (Å²) in [5.74, 6) is 0.322. The molecule has 27 heavy (non-hydrogen) atoms. The van der Waals surface area contributed by atoms with Crippen molar-refractivity contribution in [2.24, 2.45) is 0 Å². The first-order valence-corrected chi connectivity index (χ1v) is 9.86. The van der Waals surface area contributed by atoms with Gasteiger partial charge in [-0.15, -0.1) is 10.2 Å². The minimum absolute atomic E-state index is 0.00781. The van der Waals surface area contributed by atoms with Gasteiger partial charge in [-0.2, -0.15) is 0 Å². The smallest absolute Gasteiger partial charge is 0.233 e. The summed E-state index contributed by atoms with van der Waals surface area (Å²) in [6.45, 7) is 0.221. The Hall–Kier alpha value is -3.04. The van der Waals surface area contributed by atoms with Crippen LogP contribution in [0.1, 0.15) is 17.8 Å². The summed E-state index contributed by atoms with van der Waals surface area (Å²) in [5, 5.41) is 11.8. The van der Waals surface area contributed by atoms with Crippen molar-refractivity contribution in [1.82, 2.24) is 24.6 Å². The molecular formula is C18H19N5O3S. The van der Waals surface area contributed by atoms with Crippen LogP contribution in [0.5, 0.6) is 0 Å². The van der Waals surface area contributed by atoms with E-state index in [1.165, 1.54) is 6.08 Å². The predicted molar refractivity (Wildman–Crippen MR) is 102 cm³/mol. The third-order valence-electron chi connectivity index (χ3n) is 3.72. The van der Waals surface area contributed by atoms with Gasteiger partial charge in [-0.3, -0.25) is 9.20 Å². The molecule has 0 spiro atoms. The summed E-state index contributed by atoms with van der Waals surface area (Å²) in [5.41, 5.74) is 1.47. The Bertz CT molecular complexity index is 1050. The summed E-state index contributed by atoms with van der Waals surface area (Å²) in [7, 11) is -3.60. The number of nitrogens with one attached hydrogen (secondary N) is 2. The minimum Gasteiger partial charge on any atom is -0.349 e. The van der Waals surface area contributed by atoms with Gasteiger partial charge in [-0.05, 0) is 23.8 Å². The van der Waals surface area contributed by atoms with E-state index in [1.54, 1.807) is 16.5 Å². The van der Waals surface area contributed by atoms with Crippen LogP contribution in [0.15, 0.2) is 60.1 Å². The van der Waals surface area contributed by atoms with Crippen LogP contribution in [-0.2, 0) is 21.4 Å². The number of hydrogen-bond acceptors (Lipinski definition) is 5. The van der Waals surface area contributed by atoms with E-state index in [4.69, 9.17) is 0 Å². The summed E-state index contributed by atoms with van der Waals surface area (Å²) in [6.07, 6.45) is 3.33. The number of hydrogen-bond donors (Lipinski definition) is 2. The van der Waals surface area contributed by atoms with Gasteiger partial charge in [0.1, 0.15) is 0 Å². The van der Waals surface area contributed by atoms with Crippen molar-refractivity contribution in [3.05, 3.63) is 71.5 Å². The number of rotatable bonds is 8. The average Bonchev–Trinajstić information content (AvgIpc) is 3.09. The highest BCUT2D eigenvalue weighted by Gasteiger charge is 2.09. The lowest BCUT2D eigenvalue weighted by Crippen LogP contribution is -2.30. The lowest BCUT2D eigenvalue weighted by atomic mass is 10.2. The van der Waals surface area contributed by atoms with Gasteiger partial charge in [-0.25, -0.2) is 13.1 Å². The standard InChI is InChI=1S/C18H19N5O3S/c24-18(19-14-17-22-21-16-8-4-5-12-23(16)17)9-11-20-27(25,26)13-10-15-6-2-1-3-7-15/h1-8,10,12-13,20H,9,11,14H2,(H,19,24)/b13-10+. The molecule has 3 aromatic rings. The molecule has 2 N–H and O–H groups in total. The third kappa shape index (κ3) is 5.47. The zero-order chi connectivity index (χ0) is 19.1. The van der Waals surface area contributed by atoms with Gasteiger partial charge in [0, 0.05) is 24.6 Å². The molecule has 2 aromatic heterocycles. The Balaban J connectivity index is 1.44. The van der Waals surface area contributed by atoms with Crippen molar-refractivity contribution in [1.29, 1.82) is 0 Å². The molecule has 9 heteroatoms. The predicted octanol–water partition coefficient (Wildman–Crippen LogP) is 1.33. The van der Waals surface area contributed by atoms with Gasteiger partial charge < -0.3 is 5.32 Å². The van der Waals surface area contributed by atoms with Crippen LogP contribution in [0.2, 0.25) is 0 Å². The average molecular weight is 385 g/mol. The molecular weight excluding hydrogens is 366 g/mol. The highest BCUT2D eigenvalue weighted by Crippen LogP contribution is 2.03. The molecule has 0 bridgehead atoms. The third-order valence-corrected chi connectivity index (χ3v) is 4.82. The maximum atomic E-state index is 11.9. The fourth-order valence-corrected chi connectivity index (χ4v) is 3.18. The number of benzene rings is 1. The number of nitrogens with zero attached hydrogens (tertiary/aromatic N) is 3. The van der Waals surface area contributed by atoms with Crippen molar-refractivity contribution >= 4 is 27.7 Å². The Morgan fingerprint density at radius 2 is 1.85 bits per heavy atom. The molecule has 0 fully saturated rings. The largest absolute Gasteiger partial charge is 0.349 e. The molecule has 0 radical (unpaired) electrons. The van der Waals surface area contributed by atoms with Crippen molar-refractivity contribution in [3.8, 4) is 0 Å². The van der Waals surface area contributed by atoms with Crippen molar-refractivity contribution < 1.29 is 13.2 Å². The highest BCUT2D eigenvalue weighted by atomic mass is 32.2. The maximum absolute atomic E-state index is 11.9. The molecule has 3 rings (SSSR count). The van der Waals surface area contributed by atoms with E-state index in [2.05, 4.69) is 20.2 Å². The molecule has 8 nitrogen and oxygen atoms in total. The molecule has 0 saturated heterocycles. The molecule has 0 aliphatic rings. The quantitative estimate of drug-likeness (QED) is 0.608. The van der Waals surface area contributed by atoms with Gasteiger partial charge in [-0.1, -0.05) is 36.4 Å². The molecule has 0 saturated carbocycles. The minimum atomic E-state index is -3.60. The van der Waals surface area contributed by atoms with Crippen LogP contribution < -0.4 is 10.0 Å². The number of aromatic nitrogens is 3. The number of amides is 1. The van der Waals surface area contributed by atoms with Gasteiger partial charge in [0.15, 0.2) is 11.5 Å². The Kier molecular flexibility index (Phi) is 5.94. The second-order valence-electron chi connectivity index (χ2n) is 5.72. The molecule has 0 unspecified atom stereocenters. The Morgan fingerprint density at radius 1 is 1.07 bits per heavy atom. The van der Waals surface area contributed by atoms with Crippen LogP contribution in [0.4, 0.5) is 0 Å². The summed E-state index contributed by atoms with van der Waals surface area (Å²) in [6, 6.07) is 14.6. The van der Waals surface area contributed by atoms with E-state index >= 15 is 0 Å². The molecule has 1 amide bonds. The fraction of sp³-hybridized carbons (Fsp3) is 0.167. The van der Waals surface area contributed by atoms with Crippen LogP contribution >= 0.6 is 0 Å². The van der Waals surface area contributed by atoms with Crippen LogP contribution in [0.3, 0.4) is 0 Å². The molecule has 0 atom stereocenters. The first-order valence-electron chi connectivity index (χ1n) is 8.32. The van der Waals surface area contributed by atoms with Crippen LogP contribution in [0, 0.1) is 0 Å². The molecule has 2 heterocycles. The number of pyridine rings is 1. The Morgan fingerprint density at radius 3 is 2.67 bits per heavy atom. The molecule has 0 aliphatic heterocycles. The maximum Gasteiger partial charge on any atom is 0.233 e. The van der Waals surface area contributed by atoms with Crippen molar-refractivity contribution in [3.63, 3.8) is 0 Å². The lowest BCUT2D eigenvalue weighted by molar-refractivity contribution is -0.121. The van der Waals surface area contributed by atoms with E-state index in [1.807, 2.05) is 42.6 Å². The second kappa shape index (κ2) is 8.56. The number of carbonyl (C=O) groups excluding carboxylic acids is 1. The number of fused-ring (bicyclic) bond motifs is 1. The number of carbonyl (C=O) groups is 1. The Labute approximate surface area is 157 Å². The zero-order valence-corrected chi connectivity index (χ0v) is 15.3. The first kappa shape index (κ1) is 18.7. The van der Waals surface area contributed by atoms with E-state index in [0.29, 0.717) is 11.5 Å². The topological polar surface area (TPSA) is 105 Å². The van der Waals surface area contributed by atoms with E-state index in [9.17, 15) is 13.2 Å². The van der Waals surface area contributed by atoms with Gasteiger partial charge in [0.25, 0.3) is 0 Å². The zero-order valence-electron chi connectivity index (χ0n) is 14.4. The molecule has 1 aromatic carbocycles. The second-order valence-corrected chi connectivity index (χ2v) is 7.38. The van der Waals surface area contributed by atoms with Crippen LogP contribution in [0.25, 0.3) is 11.7 Å². The summed E-state index contributed by atoms with van der Waals surface area (Å²) in [4.78, 5) is 11.9. The SMILES string of the molecule is O=C(CCNS(=O)(=O)/C=C/c1ccccc1)NCc1nnc2ccccn12. The lowest BCUT2D eigenvalue weighted by Gasteiger charge is -2.05. The highest BCUT2D eigenvalue weighted by molar-refractivity contribution is 7.92. The van der Waals surface area contributed by atoms with Gasteiger partial charge in [0.2, 0.25) is 15.9 Å². The normalized spacial score (nSPS) is 11.9. The molecule has 140 valence electrons. The number of sulfonamides is 1. The van der Waals surface area contributed by atoms with Crippen LogP contribution in [-0.4, -0.2) is 35.5 Å².